The summed E-state index contributed by atoms with van der Waals surface area (Å²) in [7, 11) is 0. The van der Waals surface area contributed by atoms with Crippen LogP contribution in [-0.4, -0.2) is 37.0 Å². The van der Waals surface area contributed by atoms with Crippen molar-refractivity contribution < 1.29 is 13.9 Å². The molecule has 2 rings (SSSR count). The normalized spacial score (nSPS) is 10.9. The highest BCUT2D eigenvalue weighted by atomic mass is 16.5. The number of ether oxygens (including phenoxy) is 1. The lowest BCUT2D eigenvalue weighted by atomic mass is 10.1. The summed E-state index contributed by atoms with van der Waals surface area (Å²) < 4.78 is 11.3. The van der Waals surface area contributed by atoms with Crippen LogP contribution in [0.25, 0.3) is 0 Å². The summed E-state index contributed by atoms with van der Waals surface area (Å²) in [6.45, 7) is 10.1. The summed E-state index contributed by atoms with van der Waals surface area (Å²) >= 11 is 0. The summed E-state index contributed by atoms with van der Waals surface area (Å²) in [5, 5.41) is 2.89. The van der Waals surface area contributed by atoms with Crippen molar-refractivity contribution in [3.63, 3.8) is 0 Å². The van der Waals surface area contributed by atoms with Crippen molar-refractivity contribution in [2.75, 3.05) is 26.2 Å². The fraction of sp³-hybridized carbons (Fsp3) is 0.476. The van der Waals surface area contributed by atoms with Crippen LogP contribution in [-0.2, 0) is 13.0 Å². The summed E-state index contributed by atoms with van der Waals surface area (Å²) in [6, 6.07) is 11.6. The van der Waals surface area contributed by atoms with Crippen LogP contribution < -0.4 is 10.1 Å². The predicted molar refractivity (Wildman–Crippen MR) is 104 cm³/mol. The highest BCUT2D eigenvalue weighted by Gasteiger charge is 2.11. The monoisotopic (exact) mass is 358 g/mol. The number of hydrogen-bond acceptors (Lipinski definition) is 4. The number of carbonyl (C=O) groups excluding carboxylic acids is 1. The first kappa shape index (κ1) is 20.0. The highest BCUT2D eigenvalue weighted by molar-refractivity contribution is 5.91. The van der Waals surface area contributed by atoms with Crippen molar-refractivity contribution in [1.29, 1.82) is 0 Å². The molecule has 0 spiro atoms. The van der Waals surface area contributed by atoms with Gasteiger partial charge < -0.3 is 19.4 Å². The van der Waals surface area contributed by atoms with Crippen LogP contribution in [0, 0.1) is 0 Å². The van der Waals surface area contributed by atoms with Crippen LogP contribution >= 0.6 is 0 Å². The Morgan fingerprint density at radius 1 is 1.08 bits per heavy atom. The van der Waals surface area contributed by atoms with Gasteiger partial charge in [0.05, 0.1) is 0 Å². The zero-order valence-corrected chi connectivity index (χ0v) is 16.1. The minimum atomic E-state index is -0.188. The molecule has 0 fully saturated rings. The van der Waals surface area contributed by atoms with Crippen LogP contribution in [0.4, 0.5) is 0 Å². The number of furan rings is 1. The van der Waals surface area contributed by atoms with Crippen molar-refractivity contribution in [3.8, 4) is 5.75 Å². The molecule has 0 saturated heterocycles. The van der Waals surface area contributed by atoms with E-state index in [0.29, 0.717) is 24.7 Å². The molecule has 0 unspecified atom stereocenters. The molecule has 1 N–H and O–H groups in total. The molecule has 2 aromatic rings. The minimum absolute atomic E-state index is 0.188. The molecule has 1 heterocycles. The van der Waals surface area contributed by atoms with Gasteiger partial charge >= 0.3 is 0 Å². The second kappa shape index (κ2) is 10.7. The van der Waals surface area contributed by atoms with E-state index in [9.17, 15) is 4.79 Å². The van der Waals surface area contributed by atoms with E-state index in [0.717, 1.165) is 38.2 Å². The Morgan fingerprint density at radius 3 is 2.46 bits per heavy atom. The fourth-order valence-electron chi connectivity index (χ4n) is 2.73. The quantitative estimate of drug-likeness (QED) is 0.662. The maximum atomic E-state index is 12.1. The largest absolute Gasteiger partial charge is 0.486 e. The van der Waals surface area contributed by atoms with E-state index in [4.69, 9.17) is 9.15 Å². The van der Waals surface area contributed by atoms with E-state index >= 15 is 0 Å². The van der Waals surface area contributed by atoms with Crippen molar-refractivity contribution in [2.24, 2.45) is 0 Å². The zero-order chi connectivity index (χ0) is 18.8. The van der Waals surface area contributed by atoms with E-state index in [2.05, 4.69) is 43.1 Å². The summed E-state index contributed by atoms with van der Waals surface area (Å²) in [5.74, 6) is 1.57. The van der Waals surface area contributed by atoms with E-state index in [1.807, 2.05) is 12.1 Å². The molecule has 0 aliphatic rings. The van der Waals surface area contributed by atoms with E-state index in [1.165, 1.54) is 5.56 Å². The van der Waals surface area contributed by atoms with Gasteiger partial charge in [-0.3, -0.25) is 4.79 Å². The number of rotatable bonds is 11. The minimum Gasteiger partial charge on any atom is -0.486 e. The summed E-state index contributed by atoms with van der Waals surface area (Å²) in [6.07, 6.45) is 2.21. The third-order valence-corrected chi connectivity index (χ3v) is 4.34. The lowest BCUT2D eigenvalue weighted by Gasteiger charge is -2.17. The second-order valence-electron chi connectivity index (χ2n) is 6.23. The van der Waals surface area contributed by atoms with E-state index < -0.39 is 0 Å². The van der Waals surface area contributed by atoms with Crippen LogP contribution in [0.2, 0.25) is 0 Å². The number of likely N-dealkylation sites (N-methyl/N-ethyl adjacent to an activating group) is 1. The van der Waals surface area contributed by atoms with Gasteiger partial charge in [0, 0.05) is 13.1 Å². The average molecular weight is 358 g/mol. The number of amides is 1. The molecule has 1 amide bonds. The number of nitrogens with zero attached hydrogens (tertiary/aromatic N) is 1. The lowest BCUT2D eigenvalue weighted by molar-refractivity contribution is 0.0917. The molecule has 0 aliphatic heterocycles. The molecular weight excluding hydrogens is 328 g/mol. The number of nitrogens with one attached hydrogen (secondary N) is 1. The summed E-state index contributed by atoms with van der Waals surface area (Å²) in [5.41, 5.74) is 1.31. The molecule has 1 aromatic carbocycles. The number of aryl methyl sites for hydroxylation is 1. The third-order valence-electron chi connectivity index (χ3n) is 4.34. The molecule has 26 heavy (non-hydrogen) atoms. The molecule has 5 heteroatoms. The Morgan fingerprint density at radius 2 is 1.81 bits per heavy atom. The molecular formula is C21H30N2O3. The van der Waals surface area contributed by atoms with Gasteiger partial charge in [0.2, 0.25) is 0 Å². The Bertz CT molecular complexity index is 660. The van der Waals surface area contributed by atoms with Gasteiger partial charge in [0.1, 0.15) is 18.1 Å². The molecule has 0 aliphatic carbocycles. The van der Waals surface area contributed by atoms with E-state index in [1.54, 1.807) is 12.1 Å². The van der Waals surface area contributed by atoms with Crippen molar-refractivity contribution >= 4 is 5.91 Å². The van der Waals surface area contributed by atoms with Gasteiger partial charge in [-0.25, -0.2) is 0 Å². The maximum Gasteiger partial charge on any atom is 0.287 e. The Kier molecular flexibility index (Phi) is 8.22. The van der Waals surface area contributed by atoms with Crippen LogP contribution in [0.5, 0.6) is 5.75 Å². The number of carbonyl (C=O) groups is 1. The Balaban J connectivity index is 1.78. The number of hydrogen-bond donors (Lipinski definition) is 1. The predicted octanol–water partition coefficient (Wildman–Crippen LogP) is 3.88. The molecule has 5 nitrogen and oxygen atoms in total. The van der Waals surface area contributed by atoms with Gasteiger partial charge in [-0.05, 0) is 49.3 Å². The van der Waals surface area contributed by atoms with E-state index in [-0.39, 0.29) is 5.91 Å². The first-order valence-corrected chi connectivity index (χ1v) is 9.47. The smallest absolute Gasteiger partial charge is 0.287 e. The van der Waals surface area contributed by atoms with Crippen LogP contribution in [0.3, 0.4) is 0 Å². The first-order valence-electron chi connectivity index (χ1n) is 9.47. The topological polar surface area (TPSA) is 54.7 Å². The molecule has 0 atom stereocenters. The Hall–Kier alpha value is -2.27. The van der Waals surface area contributed by atoms with Gasteiger partial charge in [0.25, 0.3) is 5.91 Å². The van der Waals surface area contributed by atoms with Crippen molar-refractivity contribution in [1.82, 2.24) is 10.2 Å². The average Bonchev–Trinajstić information content (AvgIpc) is 3.14. The SMILES string of the molecule is CCCc1ccc(OCc2ccc(C(=O)NCCN(CC)CC)o2)cc1. The van der Waals surface area contributed by atoms with Gasteiger partial charge in [-0.1, -0.05) is 39.3 Å². The second-order valence-corrected chi connectivity index (χ2v) is 6.23. The van der Waals surface area contributed by atoms with Crippen molar-refractivity contribution in [3.05, 3.63) is 53.5 Å². The van der Waals surface area contributed by atoms with Gasteiger partial charge in [0.15, 0.2) is 5.76 Å². The molecule has 0 bridgehead atoms. The van der Waals surface area contributed by atoms with Crippen LogP contribution in [0.15, 0.2) is 40.8 Å². The lowest BCUT2D eigenvalue weighted by Crippen LogP contribution is -2.34. The summed E-state index contributed by atoms with van der Waals surface area (Å²) in [4.78, 5) is 14.4. The molecule has 1 aromatic heterocycles. The van der Waals surface area contributed by atoms with Crippen LogP contribution in [0.1, 0.15) is 49.1 Å². The van der Waals surface area contributed by atoms with Gasteiger partial charge in [-0.2, -0.15) is 0 Å². The number of benzene rings is 1. The van der Waals surface area contributed by atoms with Gasteiger partial charge in [-0.15, -0.1) is 0 Å². The third kappa shape index (κ3) is 6.23. The Labute approximate surface area is 156 Å². The highest BCUT2D eigenvalue weighted by Crippen LogP contribution is 2.16. The molecule has 0 saturated carbocycles. The molecule has 0 radical (unpaired) electrons. The maximum absolute atomic E-state index is 12.1. The van der Waals surface area contributed by atoms with Crippen molar-refractivity contribution in [2.45, 2.75) is 40.2 Å². The fourth-order valence-corrected chi connectivity index (χ4v) is 2.73. The standard InChI is InChI=1S/C21H30N2O3/c1-4-7-17-8-10-18(11-9-17)25-16-19-12-13-20(26-19)21(24)22-14-15-23(5-2)6-3/h8-13H,4-7,14-16H2,1-3H3,(H,22,24). The molecule has 142 valence electrons. The first-order chi connectivity index (χ1) is 12.7. The zero-order valence-electron chi connectivity index (χ0n) is 16.1.